The van der Waals surface area contributed by atoms with Gasteiger partial charge in [-0.2, -0.15) is 5.10 Å². The Balaban J connectivity index is 2.11. The van der Waals surface area contributed by atoms with Crippen LogP contribution in [-0.2, 0) is 4.79 Å². The minimum Gasteiger partial charge on any atom is -0.273 e. The topological polar surface area (TPSA) is 41.5 Å². The van der Waals surface area contributed by atoms with E-state index in [2.05, 4.69) is 17.5 Å². The first kappa shape index (κ1) is 14.4. The van der Waals surface area contributed by atoms with E-state index in [0.717, 1.165) is 18.4 Å². The maximum absolute atomic E-state index is 11.4. The number of hydrogen-bond donors (Lipinski definition) is 1. The standard InChI is InChI=1S/C15H22N2O/c1-2-3-4-5-9-12-15(18)17-16-13-14-10-7-6-8-11-14/h6-8,10-11,13H,2-5,9,12H2,1H3,(H,17,18)/b16-13-. The molecule has 0 spiro atoms. The van der Waals surface area contributed by atoms with Crippen molar-refractivity contribution in [2.75, 3.05) is 0 Å². The predicted octanol–water partition coefficient (Wildman–Crippen LogP) is 3.50. The molecule has 0 aliphatic carbocycles. The van der Waals surface area contributed by atoms with E-state index in [1.165, 1.54) is 19.3 Å². The van der Waals surface area contributed by atoms with E-state index in [1.54, 1.807) is 6.21 Å². The normalized spacial score (nSPS) is 10.7. The van der Waals surface area contributed by atoms with Crippen LogP contribution in [0.15, 0.2) is 35.4 Å². The molecule has 1 N–H and O–H groups in total. The smallest absolute Gasteiger partial charge is 0.240 e. The quantitative estimate of drug-likeness (QED) is 0.426. The maximum Gasteiger partial charge on any atom is 0.240 e. The van der Waals surface area contributed by atoms with Crippen LogP contribution in [0.25, 0.3) is 0 Å². The van der Waals surface area contributed by atoms with E-state index < -0.39 is 0 Å². The summed E-state index contributed by atoms with van der Waals surface area (Å²) in [5.41, 5.74) is 3.54. The number of unbranched alkanes of at least 4 members (excludes halogenated alkanes) is 4. The summed E-state index contributed by atoms with van der Waals surface area (Å²) in [5, 5.41) is 3.93. The highest BCUT2D eigenvalue weighted by molar-refractivity contribution is 5.82. The molecule has 18 heavy (non-hydrogen) atoms. The molecule has 1 aromatic rings. The highest BCUT2D eigenvalue weighted by atomic mass is 16.2. The Morgan fingerprint density at radius 3 is 2.61 bits per heavy atom. The van der Waals surface area contributed by atoms with Crippen molar-refractivity contribution in [1.82, 2.24) is 5.43 Å². The number of nitrogens with zero attached hydrogens (tertiary/aromatic N) is 1. The summed E-state index contributed by atoms with van der Waals surface area (Å²) in [6.07, 6.45) is 8.01. The fourth-order valence-electron chi connectivity index (χ4n) is 1.66. The third kappa shape index (κ3) is 6.84. The van der Waals surface area contributed by atoms with Gasteiger partial charge in [-0.25, -0.2) is 5.43 Å². The molecule has 1 aromatic carbocycles. The Labute approximate surface area is 109 Å². The summed E-state index contributed by atoms with van der Waals surface area (Å²) in [6.45, 7) is 2.19. The third-order valence-corrected chi connectivity index (χ3v) is 2.71. The average Bonchev–Trinajstić information content (AvgIpc) is 2.40. The summed E-state index contributed by atoms with van der Waals surface area (Å²) in [4.78, 5) is 11.4. The van der Waals surface area contributed by atoms with Crippen LogP contribution in [0.1, 0.15) is 51.0 Å². The zero-order chi connectivity index (χ0) is 13.1. The average molecular weight is 246 g/mol. The Morgan fingerprint density at radius 2 is 1.89 bits per heavy atom. The first-order valence-corrected chi connectivity index (χ1v) is 6.70. The molecular formula is C15H22N2O. The van der Waals surface area contributed by atoms with Gasteiger partial charge in [0.25, 0.3) is 0 Å². The SMILES string of the molecule is CCCCCCCC(=O)N/N=C\c1ccccc1. The number of hydrazone groups is 1. The number of amides is 1. The summed E-state index contributed by atoms with van der Waals surface area (Å²) in [5.74, 6) is -0.00122. The van der Waals surface area contributed by atoms with Gasteiger partial charge in [0, 0.05) is 6.42 Å². The lowest BCUT2D eigenvalue weighted by Crippen LogP contribution is -2.16. The van der Waals surface area contributed by atoms with Crippen LogP contribution in [0.2, 0.25) is 0 Å². The van der Waals surface area contributed by atoms with Gasteiger partial charge in [0.15, 0.2) is 0 Å². The van der Waals surface area contributed by atoms with Crippen molar-refractivity contribution in [2.24, 2.45) is 5.10 Å². The van der Waals surface area contributed by atoms with Crippen molar-refractivity contribution in [2.45, 2.75) is 45.4 Å². The minimum atomic E-state index is -0.00122. The number of rotatable bonds is 8. The fraction of sp³-hybridized carbons (Fsp3) is 0.467. The molecular weight excluding hydrogens is 224 g/mol. The lowest BCUT2D eigenvalue weighted by atomic mass is 10.1. The van der Waals surface area contributed by atoms with Crippen LogP contribution in [0.4, 0.5) is 0 Å². The molecule has 1 rings (SSSR count). The molecule has 0 aromatic heterocycles. The van der Waals surface area contributed by atoms with Gasteiger partial charge in [-0.3, -0.25) is 4.79 Å². The highest BCUT2D eigenvalue weighted by Crippen LogP contribution is 2.04. The third-order valence-electron chi connectivity index (χ3n) is 2.71. The van der Waals surface area contributed by atoms with Gasteiger partial charge in [0.2, 0.25) is 5.91 Å². The number of benzene rings is 1. The van der Waals surface area contributed by atoms with E-state index in [1.807, 2.05) is 30.3 Å². The monoisotopic (exact) mass is 246 g/mol. The molecule has 0 atom stereocenters. The van der Waals surface area contributed by atoms with Crippen LogP contribution >= 0.6 is 0 Å². The molecule has 3 heteroatoms. The van der Waals surface area contributed by atoms with Gasteiger partial charge < -0.3 is 0 Å². The predicted molar refractivity (Wildman–Crippen MR) is 75.6 cm³/mol. The van der Waals surface area contributed by atoms with E-state index in [4.69, 9.17) is 0 Å². The number of hydrogen-bond acceptors (Lipinski definition) is 2. The second kappa shape index (κ2) is 9.40. The molecule has 0 radical (unpaired) electrons. The van der Waals surface area contributed by atoms with Gasteiger partial charge in [-0.15, -0.1) is 0 Å². The maximum atomic E-state index is 11.4. The molecule has 1 amide bonds. The summed E-state index contributed by atoms with van der Waals surface area (Å²) in [7, 11) is 0. The van der Waals surface area contributed by atoms with Gasteiger partial charge in [-0.05, 0) is 12.0 Å². The molecule has 0 saturated heterocycles. The lowest BCUT2D eigenvalue weighted by molar-refractivity contribution is -0.121. The Morgan fingerprint density at radius 1 is 1.17 bits per heavy atom. The van der Waals surface area contributed by atoms with E-state index >= 15 is 0 Å². The van der Waals surface area contributed by atoms with Gasteiger partial charge in [0.05, 0.1) is 6.21 Å². The zero-order valence-electron chi connectivity index (χ0n) is 11.1. The molecule has 0 heterocycles. The molecule has 0 aliphatic rings. The first-order valence-electron chi connectivity index (χ1n) is 6.70. The van der Waals surface area contributed by atoms with E-state index in [-0.39, 0.29) is 5.91 Å². The van der Waals surface area contributed by atoms with Crippen molar-refractivity contribution in [3.05, 3.63) is 35.9 Å². The summed E-state index contributed by atoms with van der Waals surface area (Å²) < 4.78 is 0. The van der Waals surface area contributed by atoms with Gasteiger partial charge >= 0.3 is 0 Å². The fourth-order valence-corrected chi connectivity index (χ4v) is 1.66. The Bertz CT molecular complexity index is 360. The number of carbonyl (C=O) groups excluding carboxylic acids is 1. The molecule has 0 aliphatic heterocycles. The Hall–Kier alpha value is -1.64. The largest absolute Gasteiger partial charge is 0.273 e. The zero-order valence-corrected chi connectivity index (χ0v) is 11.1. The van der Waals surface area contributed by atoms with Gasteiger partial charge in [-0.1, -0.05) is 62.9 Å². The van der Waals surface area contributed by atoms with Crippen LogP contribution < -0.4 is 5.43 Å². The number of carbonyl (C=O) groups is 1. The highest BCUT2D eigenvalue weighted by Gasteiger charge is 1.98. The molecule has 0 unspecified atom stereocenters. The van der Waals surface area contributed by atoms with Crippen LogP contribution in [0, 0.1) is 0 Å². The lowest BCUT2D eigenvalue weighted by Gasteiger charge is -2.00. The molecule has 0 saturated carbocycles. The van der Waals surface area contributed by atoms with Crippen molar-refractivity contribution in [1.29, 1.82) is 0 Å². The van der Waals surface area contributed by atoms with Crippen molar-refractivity contribution >= 4 is 12.1 Å². The second-order valence-corrected chi connectivity index (χ2v) is 4.37. The van der Waals surface area contributed by atoms with Crippen molar-refractivity contribution < 1.29 is 4.79 Å². The summed E-state index contributed by atoms with van der Waals surface area (Å²) in [6, 6.07) is 9.72. The Kier molecular flexibility index (Phi) is 7.53. The second-order valence-electron chi connectivity index (χ2n) is 4.37. The van der Waals surface area contributed by atoms with Crippen molar-refractivity contribution in [3.8, 4) is 0 Å². The van der Waals surface area contributed by atoms with E-state index in [0.29, 0.717) is 6.42 Å². The minimum absolute atomic E-state index is 0.00122. The van der Waals surface area contributed by atoms with Crippen molar-refractivity contribution in [3.63, 3.8) is 0 Å². The first-order chi connectivity index (χ1) is 8.83. The molecule has 0 fully saturated rings. The van der Waals surface area contributed by atoms with E-state index in [9.17, 15) is 4.79 Å². The molecule has 98 valence electrons. The summed E-state index contributed by atoms with van der Waals surface area (Å²) >= 11 is 0. The van der Waals surface area contributed by atoms with Gasteiger partial charge in [0.1, 0.15) is 0 Å². The molecule has 0 bridgehead atoms. The number of nitrogens with one attached hydrogen (secondary N) is 1. The van der Waals surface area contributed by atoms with Crippen LogP contribution in [0.3, 0.4) is 0 Å². The van der Waals surface area contributed by atoms with Crippen LogP contribution in [0.5, 0.6) is 0 Å². The van der Waals surface area contributed by atoms with Crippen LogP contribution in [-0.4, -0.2) is 12.1 Å². The molecule has 3 nitrogen and oxygen atoms in total.